The molecule has 15 heavy (non-hydrogen) atoms. The first-order valence-corrected chi connectivity index (χ1v) is 5.33. The molecular formula is C12H17ClN2. The Hall–Kier alpha value is -1.02. The summed E-state index contributed by atoms with van der Waals surface area (Å²) in [5.74, 6) is 0.655. The van der Waals surface area contributed by atoms with E-state index in [1.54, 1.807) is 0 Å². The van der Waals surface area contributed by atoms with Crippen LogP contribution in [0.15, 0.2) is 29.3 Å². The van der Waals surface area contributed by atoms with Gasteiger partial charge >= 0.3 is 0 Å². The van der Waals surface area contributed by atoms with Crippen LogP contribution in [-0.2, 0) is 6.54 Å². The van der Waals surface area contributed by atoms with Crippen molar-refractivity contribution in [2.45, 2.75) is 27.3 Å². The highest BCUT2D eigenvalue weighted by Gasteiger charge is 2.14. The van der Waals surface area contributed by atoms with Gasteiger partial charge in [0.05, 0.1) is 12.4 Å². The number of halogens is 1. The molecule has 0 saturated heterocycles. The molecule has 1 aromatic rings. The lowest BCUT2D eigenvalue weighted by atomic mass is 9.95. The maximum absolute atomic E-state index is 6.01. The topological polar surface area (TPSA) is 38.4 Å². The summed E-state index contributed by atoms with van der Waals surface area (Å²) in [5.41, 5.74) is 6.78. The predicted molar refractivity (Wildman–Crippen MR) is 66.2 cm³/mol. The lowest BCUT2D eigenvalue weighted by Crippen LogP contribution is -2.28. The van der Waals surface area contributed by atoms with E-state index in [2.05, 4.69) is 4.99 Å². The van der Waals surface area contributed by atoms with E-state index >= 15 is 0 Å². The Morgan fingerprint density at radius 1 is 1.33 bits per heavy atom. The largest absolute Gasteiger partial charge is 0.387 e. The summed E-state index contributed by atoms with van der Waals surface area (Å²) in [6, 6.07) is 7.67. The Morgan fingerprint density at radius 3 is 2.47 bits per heavy atom. The van der Waals surface area contributed by atoms with E-state index in [1.807, 2.05) is 45.0 Å². The molecule has 0 saturated carbocycles. The van der Waals surface area contributed by atoms with Crippen LogP contribution < -0.4 is 5.73 Å². The van der Waals surface area contributed by atoms with Crippen molar-refractivity contribution in [1.82, 2.24) is 0 Å². The fourth-order valence-electron chi connectivity index (χ4n) is 1.03. The third kappa shape index (κ3) is 3.56. The van der Waals surface area contributed by atoms with Crippen LogP contribution in [0, 0.1) is 5.41 Å². The monoisotopic (exact) mass is 224 g/mol. The van der Waals surface area contributed by atoms with Gasteiger partial charge in [0.15, 0.2) is 0 Å². The van der Waals surface area contributed by atoms with Crippen molar-refractivity contribution in [1.29, 1.82) is 0 Å². The number of hydrogen-bond donors (Lipinski definition) is 1. The van der Waals surface area contributed by atoms with Crippen molar-refractivity contribution in [3.63, 3.8) is 0 Å². The first-order chi connectivity index (χ1) is 6.91. The van der Waals surface area contributed by atoms with Crippen molar-refractivity contribution in [3.05, 3.63) is 34.9 Å². The smallest absolute Gasteiger partial charge is 0.0995 e. The molecule has 82 valence electrons. The summed E-state index contributed by atoms with van der Waals surface area (Å²) < 4.78 is 0. The molecule has 0 bridgehead atoms. The third-order valence-corrected chi connectivity index (χ3v) is 2.51. The molecule has 2 N–H and O–H groups in total. The Bertz CT molecular complexity index is 364. The highest BCUT2D eigenvalue weighted by molar-refractivity contribution is 6.31. The van der Waals surface area contributed by atoms with Gasteiger partial charge in [-0.2, -0.15) is 0 Å². The quantitative estimate of drug-likeness (QED) is 0.608. The van der Waals surface area contributed by atoms with Gasteiger partial charge in [-0.15, -0.1) is 0 Å². The molecule has 0 atom stereocenters. The summed E-state index contributed by atoms with van der Waals surface area (Å²) in [7, 11) is 0. The zero-order valence-electron chi connectivity index (χ0n) is 9.42. The van der Waals surface area contributed by atoms with Gasteiger partial charge in [-0.1, -0.05) is 50.6 Å². The van der Waals surface area contributed by atoms with Gasteiger partial charge in [0, 0.05) is 10.4 Å². The fraction of sp³-hybridized carbons (Fsp3) is 0.417. The van der Waals surface area contributed by atoms with Crippen molar-refractivity contribution >= 4 is 17.4 Å². The molecular weight excluding hydrogens is 208 g/mol. The standard InChI is InChI=1S/C12H17ClN2/c1-12(2,3)11(14)15-8-9-6-4-5-7-10(9)13/h4-7H,8H2,1-3H3,(H2,14,15). The molecule has 0 fully saturated rings. The van der Waals surface area contributed by atoms with Crippen LogP contribution in [0.3, 0.4) is 0 Å². The molecule has 1 rings (SSSR count). The van der Waals surface area contributed by atoms with Gasteiger partial charge in [-0.05, 0) is 11.6 Å². The van der Waals surface area contributed by atoms with Crippen LogP contribution in [-0.4, -0.2) is 5.84 Å². The van der Waals surface area contributed by atoms with Gasteiger partial charge in [0.25, 0.3) is 0 Å². The summed E-state index contributed by atoms with van der Waals surface area (Å²) >= 11 is 6.01. The SMILES string of the molecule is CC(C)(C)C(N)=NCc1ccccc1Cl. The zero-order valence-corrected chi connectivity index (χ0v) is 10.2. The number of rotatable bonds is 2. The second-order valence-corrected chi connectivity index (χ2v) is 4.95. The Labute approximate surface area is 96.2 Å². The minimum atomic E-state index is -0.0821. The second kappa shape index (κ2) is 4.67. The van der Waals surface area contributed by atoms with Crippen molar-refractivity contribution in [3.8, 4) is 0 Å². The van der Waals surface area contributed by atoms with Crippen molar-refractivity contribution in [2.24, 2.45) is 16.1 Å². The predicted octanol–water partition coefficient (Wildman–Crippen LogP) is 3.24. The lowest BCUT2D eigenvalue weighted by molar-refractivity contribution is 0.581. The molecule has 0 aliphatic carbocycles. The molecule has 0 aromatic heterocycles. The van der Waals surface area contributed by atoms with E-state index in [1.165, 1.54) is 0 Å². The van der Waals surface area contributed by atoms with Crippen LogP contribution in [0.25, 0.3) is 0 Å². The van der Waals surface area contributed by atoms with E-state index in [9.17, 15) is 0 Å². The number of nitrogens with zero attached hydrogens (tertiary/aromatic N) is 1. The van der Waals surface area contributed by atoms with Crippen LogP contribution in [0.5, 0.6) is 0 Å². The lowest BCUT2D eigenvalue weighted by Gasteiger charge is -2.17. The average Bonchev–Trinajstić information content (AvgIpc) is 2.14. The Kier molecular flexibility index (Phi) is 3.75. The van der Waals surface area contributed by atoms with Crippen molar-refractivity contribution in [2.75, 3.05) is 0 Å². The van der Waals surface area contributed by atoms with E-state index in [0.29, 0.717) is 12.4 Å². The van der Waals surface area contributed by atoms with Crippen LogP contribution in [0.4, 0.5) is 0 Å². The Balaban J connectivity index is 2.77. The van der Waals surface area contributed by atoms with Crippen LogP contribution in [0.2, 0.25) is 5.02 Å². The Morgan fingerprint density at radius 2 is 1.93 bits per heavy atom. The number of amidine groups is 1. The molecule has 0 radical (unpaired) electrons. The van der Waals surface area contributed by atoms with E-state index in [-0.39, 0.29) is 5.41 Å². The molecule has 0 heterocycles. The number of benzene rings is 1. The first kappa shape index (κ1) is 12.1. The molecule has 0 aliphatic rings. The zero-order chi connectivity index (χ0) is 11.5. The summed E-state index contributed by atoms with van der Waals surface area (Å²) in [4.78, 5) is 4.34. The minimum absolute atomic E-state index is 0.0821. The maximum Gasteiger partial charge on any atom is 0.0995 e. The summed E-state index contributed by atoms with van der Waals surface area (Å²) in [6.07, 6.45) is 0. The molecule has 2 nitrogen and oxygen atoms in total. The fourth-order valence-corrected chi connectivity index (χ4v) is 1.23. The van der Waals surface area contributed by atoms with Gasteiger partial charge in [-0.3, -0.25) is 4.99 Å². The molecule has 3 heteroatoms. The van der Waals surface area contributed by atoms with E-state index < -0.39 is 0 Å². The number of hydrogen-bond acceptors (Lipinski definition) is 1. The van der Waals surface area contributed by atoms with Gasteiger partial charge in [-0.25, -0.2) is 0 Å². The highest BCUT2D eigenvalue weighted by Crippen LogP contribution is 2.17. The van der Waals surface area contributed by atoms with Crippen LogP contribution in [0.1, 0.15) is 26.3 Å². The van der Waals surface area contributed by atoms with Crippen molar-refractivity contribution < 1.29 is 0 Å². The third-order valence-electron chi connectivity index (χ3n) is 2.15. The first-order valence-electron chi connectivity index (χ1n) is 4.95. The number of nitrogens with two attached hydrogens (primary N) is 1. The molecule has 0 spiro atoms. The molecule has 1 aromatic carbocycles. The second-order valence-electron chi connectivity index (χ2n) is 4.54. The van der Waals surface area contributed by atoms with E-state index in [4.69, 9.17) is 17.3 Å². The van der Waals surface area contributed by atoms with Gasteiger partial charge < -0.3 is 5.73 Å². The summed E-state index contributed by atoms with van der Waals surface area (Å²) in [5, 5.41) is 0.739. The highest BCUT2D eigenvalue weighted by atomic mass is 35.5. The normalized spacial score (nSPS) is 12.9. The maximum atomic E-state index is 6.01. The number of aliphatic imine (C=N–C) groups is 1. The van der Waals surface area contributed by atoms with E-state index in [0.717, 1.165) is 10.6 Å². The van der Waals surface area contributed by atoms with Crippen LogP contribution >= 0.6 is 11.6 Å². The molecule has 0 amide bonds. The summed E-state index contributed by atoms with van der Waals surface area (Å²) in [6.45, 7) is 6.66. The van der Waals surface area contributed by atoms with Gasteiger partial charge in [0.2, 0.25) is 0 Å². The minimum Gasteiger partial charge on any atom is -0.387 e. The average molecular weight is 225 g/mol. The molecule has 0 aliphatic heterocycles. The van der Waals surface area contributed by atoms with Gasteiger partial charge in [0.1, 0.15) is 0 Å². The molecule has 0 unspecified atom stereocenters.